The van der Waals surface area contributed by atoms with Crippen LogP contribution >= 0.6 is 23.1 Å². The molecule has 0 atom stereocenters. The Labute approximate surface area is 131 Å². The summed E-state index contributed by atoms with van der Waals surface area (Å²) in [5.74, 6) is 1.21. The lowest BCUT2D eigenvalue weighted by molar-refractivity contribution is 0.101. The molecule has 0 aromatic carbocycles. The van der Waals surface area contributed by atoms with Gasteiger partial charge < -0.3 is 4.98 Å². The molecule has 0 aliphatic rings. The first-order valence-electron chi connectivity index (χ1n) is 6.60. The van der Waals surface area contributed by atoms with E-state index in [1.54, 1.807) is 23.6 Å². The summed E-state index contributed by atoms with van der Waals surface area (Å²) < 4.78 is 0. The van der Waals surface area contributed by atoms with E-state index in [1.165, 1.54) is 22.2 Å². The van der Waals surface area contributed by atoms with Gasteiger partial charge in [0.1, 0.15) is 15.7 Å². The molecule has 0 fully saturated rings. The van der Waals surface area contributed by atoms with Gasteiger partial charge in [-0.25, -0.2) is 9.97 Å². The zero-order valence-corrected chi connectivity index (χ0v) is 13.7. The quantitative estimate of drug-likeness (QED) is 0.450. The van der Waals surface area contributed by atoms with E-state index in [0.717, 1.165) is 21.1 Å². The Balaban J connectivity index is 1.91. The van der Waals surface area contributed by atoms with Gasteiger partial charge in [0.2, 0.25) is 0 Å². The van der Waals surface area contributed by atoms with E-state index in [0.29, 0.717) is 11.4 Å². The monoisotopic (exact) mass is 317 g/mol. The summed E-state index contributed by atoms with van der Waals surface area (Å²) in [6.45, 7) is 6.07. The standard InChI is InChI=1S/C15H15N3OS2/c1-8-9(2)21-15-13(8)14(17-10(3)18-15)20-7-12(19)11-5-4-6-16-11/h4-6,16H,7H2,1-3H3. The Morgan fingerprint density at radius 1 is 1.33 bits per heavy atom. The molecule has 0 bridgehead atoms. The van der Waals surface area contributed by atoms with Crippen LogP contribution in [-0.4, -0.2) is 26.5 Å². The number of aromatic amines is 1. The minimum absolute atomic E-state index is 0.0824. The molecule has 3 rings (SSSR count). The van der Waals surface area contributed by atoms with Crippen molar-refractivity contribution in [1.82, 2.24) is 15.0 Å². The van der Waals surface area contributed by atoms with Gasteiger partial charge in [0.05, 0.1) is 11.4 Å². The molecule has 21 heavy (non-hydrogen) atoms. The maximum Gasteiger partial charge on any atom is 0.189 e. The average Bonchev–Trinajstić information content (AvgIpc) is 3.05. The molecule has 3 aromatic heterocycles. The summed E-state index contributed by atoms with van der Waals surface area (Å²) in [6.07, 6.45) is 1.76. The van der Waals surface area contributed by atoms with Crippen LogP contribution in [-0.2, 0) is 0 Å². The van der Waals surface area contributed by atoms with Crippen molar-refractivity contribution in [3.8, 4) is 0 Å². The SMILES string of the molecule is Cc1nc(SCC(=O)c2ccc[nH]2)c2c(C)c(C)sc2n1. The first-order valence-corrected chi connectivity index (χ1v) is 8.40. The van der Waals surface area contributed by atoms with Crippen LogP contribution in [0, 0.1) is 20.8 Å². The van der Waals surface area contributed by atoms with Gasteiger partial charge in [0, 0.05) is 16.5 Å². The second-order valence-electron chi connectivity index (χ2n) is 4.84. The second kappa shape index (κ2) is 5.61. The summed E-state index contributed by atoms with van der Waals surface area (Å²) in [5.41, 5.74) is 1.85. The smallest absolute Gasteiger partial charge is 0.189 e. The third kappa shape index (κ3) is 2.73. The molecule has 0 saturated heterocycles. The fourth-order valence-corrected chi connectivity index (χ4v) is 4.29. The lowest BCUT2D eigenvalue weighted by Gasteiger charge is -2.04. The molecule has 0 saturated carbocycles. The van der Waals surface area contributed by atoms with Crippen LogP contribution < -0.4 is 0 Å². The molecule has 4 nitrogen and oxygen atoms in total. The Bertz CT molecular complexity index is 806. The molecule has 1 N–H and O–H groups in total. The van der Waals surface area contributed by atoms with E-state index in [9.17, 15) is 4.79 Å². The Kier molecular flexibility index (Phi) is 3.82. The second-order valence-corrected chi connectivity index (χ2v) is 7.00. The number of nitrogens with one attached hydrogen (secondary N) is 1. The highest BCUT2D eigenvalue weighted by molar-refractivity contribution is 8.00. The number of hydrogen-bond donors (Lipinski definition) is 1. The molecule has 0 amide bonds. The fourth-order valence-electron chi connectivity index (χ4n) is 2.13. The lowest BCUT2D eigenvalue weighted by atomic mass is 10.2. The largest absolute Gasteiger partial charge is 0.359 e. The van der Waals surface area contributed by atoms with Crippen molar-refractivity contribution in [1.29, 1.82) is 0 Å². The van der Waals surface area contributed by atoms with Gasteiger partial charge in [-0.1, -0.05) is 11.8 Å². The van der Waals surface area contributed by atoms with Gasteiger partial charge in [-0.15, -0.1) is 11.3 Å². The van der Waals surface area contributed by atoms with Gasteiger partial charge >= 0.3 is 0 Å². The number of Topliss-reactive ketones (excluding diaryl/α,β-unsaturated/α-hetero) is 1. The number of carbonyl (C=O) groups is 1. The van der Waals surface area contributed by atoms with Crippen LogP contribution in [0.4, 0.5) is 0 Å². The van der Waals surface area contributed by atoms with Crippen molar-refractivity contribution in [2.45, 2.75) is 25.8 Å². The molecule has 0 unspecified atom stereocenters. The highest BCUT2D eigenvalue weighted by Gasteiger charge is 2.15. The molecule has 108 valence electrons. The van der Waals surface area contributed by atoms with Crippen molar-refractivity contribution in [2.75, 3.05) is 5.75 Å². The first kappa shape index (κ1) is 14.3. The maximum atomic E-state index is 12.1. The first-order chi connectivity index (χ1) is 10.1. The number of H-pyrrole nitrogens is 1. The summed E-state index contributed by atoms with van der Waals surface area (Å²) in [7, 11) is 0. The van der Waals surface area contributed by atoms with Gasteiger partial charge in [0.25, 0.3) is 0 Å². The molecule has 6 heteroatoms. The van der Waals surface area contributed by atoms with E-state index < -0.39 is 0 Å². The van der Waals surface area contributed by atoms with Gasteiger partial charge in [-0.2, -0.15) is 0 Å². The fraction of sp³-hybridized carbons (Fsp3) is 0.267. The minimum atomic E-state index is 0.0824. The summed E-state index contributed by atoms with van der Waals surface area (Å²) in [4.78, 5) is 26.3. The molecule has 3 heterocycles. The zero-order valence-electron chi connectivity index (χ0n) is 12.1. The molecule has 3 aromatic rings. The third-order valence-corrected chi connectivity index (χ3v) is 5.42. The topological polar surface area (TPSA) is 58.6 Å². The summed E-state index contributed by atoms with van der Waals surface area (Å²) >= 11 is 3.17. The van der Waals surface area contributed by atoms with E-state index in [1.807, 2.05) is 13.0 Å². The van der Waals surface area contributed by atoms with Crippen molar-refractivity contribution >= 4 is 39.1 Å². The van der Waals surface area contributed by atoms with Crippen molar-refractivity contribution in [3.63, 3.8) is 0 Å². The summed E-state index contributed by atoms with van der Waals surface area (Å²) in [5, 5.41) is 1.99. The molecule has 0 aliphatic heterocycles. The van der Waals surface area contributed by atoms with Gasteiger partial charge in [-0.3, -0.25) is 4.79 Å². The van der Waals surface area contributed by atoms with Gasteiger partial charge in [-0.05, 0) is 38.5 Å². The molecule has 0 spiro atoms. The zero-order chi connectivity index (χ0) is 15.0. The lowest BCUT2D eigenvalue weighted by Crippen LogP contribution is -2.03. The van der Waals surface area contributed by atoms with E-state index in [2.05, 4.69) is 28.8 Å². The predicted octanol–water partition coefficient (Wildman–Crippen LogP) is 3.92. The van der Waals surface area contributed by atoms with Crippen LogP contribution in [0.15, 0.2) is 23.4 Å². The number of thioether (sulfide) groups is 1. The Morgan fingerprint density at radius 3 is 2.86 bits per heavy atom. The number of ketones is 1. The molecule has 0 radical (unpaired) electrons. The molecular formula is C15H15N3OS2. The van der Waals surface area contributed by atoms with Crippen molar-refractivity contribution in [3.05, 3.63) is 40.3 Å². The highest BCUT2D eigenvalue weighted by atomic mass is 32.2. The van der Waals surface area contributed by atoms with Crippen LogP contribution in [0.1, 0.15) is 26.8 Å². The number of rotatable bonds is 4. The Morgan fingerprint density at radius 2 is 2.14 bits per heavy atom. The third-order valence-electron chi connectivity index (χ3n) is 3.35. The van der Waals surface area contributed by atoms with Gasteiger partial charge in [0.15, 0.2) is 5.78 Å². The number of aryl methyl sites for hydroxylation is 3. The number of fused-ring (bicyclic) bond motifs is 1. The van der Waals surface area contributed by atoms with Crippen LogP contribution in [0.5, 0.6) is 0 Å². The molecule has 0 aliphatic carbocycles. The normalized spacial score (nSPS) is 11.2. The number of thiophene rings is 1. The summed E-state index contributed by atoms with van der Waals surface area (Å²) in [6, 6.07) is 3.63. The number of aromatic nitrogens is 3. The van der Waals surface area contributed by atoms with Crippen molar-refractivity contribution in [2.24, 2.45) is 0 Å². The van der Waals surface area contributed by atoms with E-state index in [-0.39, 0.29) is 5.78 Å². The van der Waals surface area contributed by atoms with Crippen LogP contribution in [0.25, 0.3) is 10.2 Å². The predicted molar refractivity (Wildman–Crippen MR) is 87.5 cm³/mol. The number of carbonyl (C=O) groups excluding carboxylic acids is 1. The molecular weight excluding hydrogens is 302 g/mol. The van der Waals surface area contributed by atoms with Crippen molar-refractivity contribution < 1.29 is 4.79 Å². The Hall–Kier alpha value is -1.66. The highest BCUT2D eigenvalue weighted by Crippen LogP contribution is 2.35. The van der Waals surface area contributed by atoms with E-state index in [4.69, 9.17) is 0 Å². The average molecular weight is 317 g/mol. The number of nitrogens with zero attached hydrogens (tertiary/aromatic N) is 2. The van der Waals surface area contributed by atoms with Crippen LogP contribution in [0.2, 0.25) is 0 Å². The van der Waals surface area contributed by atoms with E-state index >= 15 is 0 Å². The minimum Gasteiger partial charge on any atom is -0.359 e. The maximum absolute atomic E-state index is 12.1. The number of hydrogen-bond acceptors (Lipinski definition) is 5. The van der Waals surface area contributed by atoms with Crippen LogP contribution in [0.3, 0.4) is 0 Å².